The molecule has 19 heavy (non-hydrogen) atoms. The van der Waals surface area contributed by atoms with Crippen LogP contribution in [0, 0.1) is 0 Å². The predicted molar refractivity (Wildman–Crippen MR) is 71.3 cm³/mol. The number of nitrogens with zero attached hydrogens (tertiary/aromatic N) is 5. The van der Waals surface area contributed by atoms with E-state index in [1.54, 1.807) is 25.4 Å². The molecular formula is C11H15ClN6O. The van der Waals surface area contributed by atoms with Gasteiger partial charge in [-0.15, -0.1) is 0 Å². The van der Waals surface area contributed by atoms with Crippen LogP contribution >= 0.6 is 11.6 Å². The fourth-order valence-electron chi connectivity index (χ4n) is 1.68. The lowest BCUT2D eigenvalue weighted by Gasteiger charge is -2.15. The number of hydrogen-bond acceptors (Lipinski definition) is 6. The van der Waals surface area contributed by atoms with Crippen molar-refractivity contribution in [1.82, 2.24) is 24.7 Å². The highest BCUT2D eigenvalue weighted by molar-refractivity contribution is 6.28. The van der Waals surface area contributed by atoms with Crippen LogP contribution in [0.2, 0.25) is 5.28 Å². The van der Waals surface area contributed by atoms with Gasteiger partial charge < -0.3 is 10.4 Å². The molecule has 102 valence electrons. The summed E-state index contributed by atoms with van der Waals surface area (Å²) in [6.07, 6.45) is 3.53. The Hall–Kier alpha value is -1.73. The van der Waals surface area contributed by atoms with Gasteiger partial charge in [0.2, 0.25) is 11.2 Å². The minimum atomic E-state index is -0.398. The largest absolute Gasteiger partial charge is 0.393 e. The monoisotopic (exact) mass is 282 g/mol. The SMILES string of the molecule is CC(O)CC(C)Nc1nc(Cl)nc(-n2cccn2)n1. The maximum Gasteiger partial charge on any atom is 0.256 e. The summed E-state index contributed by atoms with van der Waals surface area (Å²) in [5, 5.41) is 16.5. The summed E-state index contributed by atoms with van der Waals surface area (Å²) in [7, 11) is 0. The van der Waals surface area contributed by atoms with E-state index in [0.29, 0.717) is 18.3 Å². The molecule has 0 aromatic carbocycles. The number of aromatic nitrogens is 5. The standard InChI is InChI=1S/C11H15ClN6O/c1-7(6-8(2)19)14-10-15-9(12)16-11(17-10)18-5-3-4-13-18/h3-5,7-8,19H,6H2,1-2H3,(H,14,15,16,17). The second kappa shape index (κ2) is 5.94. The molecule has 0 radical (unpaired) electrons. The highest BCUT2D eigenvalue weighted by atomic mass is 35.5. The van der Waals surface area contributed by atoms with Crippen molar-refractivity contribution in [1.29, 1.82) is 0 Å². The fraction of sp³-hybridized carbons (Fsp3) is 0.455. The van der Waals surface area contributed by atoms with Gasteiger partial charge in [-0.25, -0.2) is 4.68 Å². The third-order valence-electron chi connectivity index (χ3n) is 2.38. The van der Waals surface area contributed by atoms with Crippen molar-refractivity contribution in [2.24, 2.45) is 0 Å². The summed E-state index contributed by atoms with van der Waals surface area (Å²) < 4.78 is 1.50. The van der Waals surface area contributed by atoms with E-state index in [1.807, 2.05) is 6.92 Å². The second-order valence-electron chi connectivity index (χ2n) is 4.31. The van der Waals surface area contributed by atoms with Crippen LogP contribution in [0.15, 0.2) is 18.5 Å². The van der Waals surface area contributed by atoms with E-state index in [1.165, 1.54) is 4.68 Å². The van der Waals surface area contributed by atoms with Crippen LogP contribution < -0.4 is 5.32 Å². The first-order valence-electron chi connectivity index (χ1n) is 5.91. The Bertz CT molecular complexity index is 530. The van der Waals surface area contributed by atoms with Crippen molar-refractivity contribution in [3.63, 3.8) is 0 Å². The van der Waals surface area contributed by atoms with Gasteiger partial charge in [0, 0.05) is 18.4 Å². The van der Waals surface area contributed by atoms with Crippen molar-refractivity contribution in [3.05, 3.63) is 23.7 Å². The third kappa shape index (κ3) is 3.87. The summed E-state index contributed by atoms with van der Waals surface area (Å²) in [5.74, 6) is 0.704. The molecule has 2 aromatic rings. The van der Waals surface area contributed by atoms with Gasteiger partial charge >= 0.3 is 0 Å². The molecule has 0 bridgehead atoms. The van der Waals surface area contributed by atoms with Gasteiger partial charge in [0.1, 0.15) is 0 Å². The quantitative estimate of drug-likeness (QED) is 0.859. The minimum Gasteiger partial charge on any atom is -0.393 e. The van der Waals surface area contributed by atoms with Gasteiger partial charge in [0.05, 0.1) is 6.10 Å². The number of halogens is 1. The maximum atomic E-state index is 9.33. The minimum absolute atomic E-state index is 0.0175. The topological polar surface area (TPSA) is 88.8 Å². The molecule has 8 heteroatoms. The lowest BCUT2D eigenvalue weighted by molar-refractivity contribution is 0.179. The molecule has 0 saturated heterocycles. The molecule has 0 spiro atoms. The number of aliphatic hydroxyl groups is 1. The van der Waals surface area contributed by atoms with Crippen LogP contribution in [0.25, 0.3) is 5.95 Å². The number of anilines is 1. The van der Waals surface area contributed by atoms with Crippen LogP contribution in [-0.2, 0) is 0 Å². The normalized spacial score (nSPS) is 14.1. The highest BCUT2D eigenvalue weighted by Gasteiger charge is 2.11. The molecule has 2 atom stereocenters. The van der Waals surface area contributed by atoms with E-state index in [2.05, 4.69) is 25.4 Å². The zero-order valence-electron chi connectivity index (χ0n) is 10.7. The zero-order valence-corrected chi connectivity index (χ0v) is 11.4. The molecule has 2 unspecified atom stereocenters. The molecule has 0 aliphatic carbocycles. The van der Waals surface area contributed by atoms with E-state index in [4.69, 9.17) is 11.6 Å². The number of hydrogen-bond donors (Lipinski definition) is 2. The molecule has 0 saturated carbocycles. The van der Waals surface area contributed by atoms with Crippen LogP contribution in [0.1, 0.15) is 20.3 Å². The molecule has 0 fully saturated rings. The smallest absolute Gasteiger partial charge is 0.256 e. The van der Waals surface area contributed by atoms with Crippen LogP contribution in [-0.4, -0.2) is 42.0 Å². The number of nitrogens with one attached hydrogen (secondary N) is 1. The van der Waals surface area contributed by atoms with Gasteiger partial charge in [-0.2, -0.15) is 20.1 Å². The Morgan fingerprint density at radius 2 is 2.16 bits per heavy atom. The molecule has 0 aliphatic heterocycles. The van der Waals surface area contributed by atoms with Crippen LogP contribution in [0.5, 0.6) is 0 Å². The van der Waals surface area contributed by atoms with Gasteiger partial charge in [-0.3, -0.25) is 0 Å². The molecule has 2 N–H and O–H groups in total. The highest BCUT2D eigenvalue weighted by Crippen LogP contribution is 2.11. The third-order valence-corrected chi connectivity index (χ3v) is 2.54. The van der Waals surface area contributed by atoms with Gasteiger partial charge in [-0.05, 0) is 37.9 Å². The summed E-state index contributed by atoms with van der Waals surface area (Å²) >= 11 is 5.86. The first-order chi connectivity index (χ1) is 9.04. The van der Waals surface area contributed by atoms with Gasteiger partial charge in [-0.1, -0.05) is 0 Å². The first kappa shape index (κ1) is 13.7. The molecule has 2 heterocycles. The molecule has 7 nitrogen and oxygen atoms in total. The molecule has 2 rings (SSSR count). The Balaban J connectivity index is 2.18. The summed E-state index contributed by atoms with van der Waals surface area (Å²) in [6.45, 7) is 3.66. The summed E-state index contributed by atoms with van der Waals surface area (Å²) in [5.41, 5.74) is 0. The predicted octanol–water partition coefficient (Wildman–Crippen LogP) is 1.28. The fourth-order valence-corrected chi connectivity index (χ4v) is 1.84. The second-order valence-corrected chi connectivity index (χ2v) is 4.65. The van der Waals surface area contributed by atoms with Crippen molar-refractivity contribution < 1.29 is 5.11 Å². The van der Waals surface area contributed by atoms with Gasteiger partial charge in [0.25, 0.3) is 5.95 Å². The van der Waals surface area contributed by atoms with Crippen LogP contribution in [0.3, 0.4) is 0 Å². The average Bonchev–Trinajstić information content (AvgIpc) is 2.79. The average molecular weight is 283 g/mol. The molecule has 0 aliphatic rings. The molecular weight excluding hydrogens is 268 g/mol. The number of rotatable bonds is 5. The van der Waals surface area contributed by atoms with E-state index in [9.17, 15) is 5.11 Å². The summed E-state index contributed by atoms with van der Waals surface area (Å²) in [4.78, 5) is 12.2. The van der Waals surface area contributed by atoms with Gasteiger partial charge in [0.15, 0.2) is 0 Å². The Morgan fingerprint density at radius 3 is 2.79 bits per heavy atom. The van der Waals surface area contributed by atoms with E-state index < -0.39 is 6.10 Å². The van der Waals surface area contributed by atoms with E-state index in [0.717, 1.165) is 0 Å². The van der Waals surface area contributed by atoms with Crippen molar-refractivity contribution in [2.45, 2.75) is 32.4 Å². The van der Waals surface area contributed by atoms with E-state index in [-0.39, 0.29) is 11.3 Å². The lowest BCUT2D eigenvalue weighted by Crippen LogP contribution is -2.22. The van der Waals surface area contributed by atoms with Crippen LogP contribution in [0.4, 0.5) is 5.95 Å². The lowest BCUT2D eigenvalue weighted by atomic mass is 10.2. The van der Waals surface area contributed by atoms with Crippen molar-refractivity contribution in [2.75, 3.05) is 5.32 Å². The summed E-state index contributed by atoms with van der Waals surface area (Å²) in [6, 6.07) is 1.78. The zero-order chi connectivity index (χ0) is 13.8. The van der Waals surface area contributed by atoms with Crippen molar-refractivity contribution in [3.8, 4) is 5.95 Å². The maximum absolute atomic E-state index is 9.33. The van der Waals surface area contributed by atoms with Crippen molar-refractivity contribution >= 4 is 17.5 Å². The van der Waals surface area contributed by atoms with E-state index >= 15 is 0 Å². The Labute approximate surface area is 115 Å². The number of aliphatic hydroxyl groups excluding tert-OH is 1. The molecule has 0 amide bonds. The first-order valence-corrected chi connectivity index (χ1v) is 6.28. The Morgan fingerprint density at radius 1 is 1.37 bits per heavy atom. The molecule has 2 aromatic heterocycles. The Kier molecular flexibility index (Phi) is 4.28.